The molecule has 10 heavy (non-hydrogen) atoms. The summed E-state index contributed by atoms with van der Waals surface area (Å²) < 4.78 is 0. The lowest BCUT2D eigenvalue weighted by Crippen LogP contribution is -2.10. The van der Waals surface area contributed by atoms with Gasteiger partial charge in [-0.1, -0.05) is 19.8 Å². The normalized spacial score (nSPS) is 20.0. The Hall–Kier alpha value is -0.525. The Labute approximate surface area is 63.5 Å². The first-order valence-corrected chi connectivity index (χ1v) is 3.85. The van der Waals surface area contributed by atoms with Crippen molar-refractivity contribution in [3.05, 3.63) is 12.2 Å². The van der Waals surface area contributed by atoms with Crippen LogP contribution in [0.3, 0.4) is 0 Å². The zero-order chi connectivity index (χ0) is 7.40. The molecule has 0 N–H and O–H groups in total. The van der Waals surface area contributed by atoms with Crippen molar-refractivity contribution in [1.29, 1.82) is 0 Å². The van der Waals surface area contributed by atoms with Gasteiger partial charge in [0.15, 0.2) is 0 Å². The summed E-state index contributed by atoms with van der Waals surface area (Å²) in [5.74, 6) is 0.525. The van der Waals surface area contributed by atoms with E-state index in [1.54, 1.807) is 0 Å². The van der Waals surface area contributed by atoms with Gasteiger partial charge >= 0.3 is 0 Å². The Bertz CT molecular complexity index is 161. The fraction of sp³-hybridized carbons (Fsp3) is 0.625. The van der Waals surface area contributed by atoms with Crippen LogP contribution < -0.4 is 0 Å². The summed E-state index contributed by atoms with van der Waals surface area (Å²) in [5, 5.41) is 0. The zero-order valence-corrected chi connectivity index (χ0v) is 6.67. The van der Waals surface area contributed by atoms with E-state index < -0.39 is 0 Å². The maximum atomic E-state index is 4.40. The van der Waals surface area contributed by atoms with Gasteiger partial charge in [0.05, 0.1) is 0 Å². The summed E-state index contributed by atoms with van der Waals surface area (Å²) in [6.07, 6.45) is 5.44. The molecule has 2 heteroatoms. The summed E-state index contributed by atoms with van der Waals surface area (Å²) in [7, 11) is 2.18. The zero-order valence-electron chi connectivity index (χ0n) is 6.67. The molecule has 53 valence electrons. The molecule has 0 aromatic rings. The van der Waals surface area contributed by atoms with Gasteiger partial charge in [-0.2, -0.15) is 0 Å². The maximum absolute atomic E-state index is 4.40. The molecule has 1 heterocycles. The fourth-order valence-electron chi connectivity index (χ4n) is 0.992. The van der Waals surface area contributed by atoms with Crippen molar-refractivity contribution in [1.82, 2.24) is 0 Å². The van der Waals surface area contributed by atoms with Crippen molar-refractivity contribution >= 4 is 13.0 Å². The third-order valence-electron chi connectivity index (χ3n) is 1.85. The van der Waals surface area contributed by atoms with Crippen molar-refractivity contribution in [2.24, 2.45) is 4.99 Å². The van der Waals surface area contributed by atoms with Crippen molar-refractivity contribution in [2.45, 2.75) is 26.0 Å². The van der Waals surface area contributed by atoms with Crippen molar-refractivity contribution in [3.63, 3.8) is 0 Å². The first kappa shape index (κ1) is 7.58. The molecule has 1 nitrogen and oxygen atoms in total. The van der Waals surface area contributed by atoms with Crippen LogP contribution in [0.15, 0.2) is 17.1 Å². The monoisotopic (exact) mass is 134 g/mol. The first-order valence-electron chi connectivity index (χ1n) is 3.85. The number of rotatable bonds is 2. The smallest absolute Gasteiger partial charge is 0.117 e. The van der Waals surface area contributed by atoms with E-state index in [0.29, 0.717) is 5.82 Å². The van der Waals surface area contributed by atoms with Gasteiger partial charge in [0.2, 0.25) is 0 Å². The van der Waals surface area contributed by atoms with Gasteiger partial charge in [-0.3, -0.25) is 4.99 Å². The predicted octanol–water partition coefficient (Wildman–Crippen LogP) is 1.95. The minimum atomic E-state index is 0.525. The van der Waals surface area contributed by atoms with Crippen LogP contribution in [0.25, 0.3) is 0 Å². The number of aliphatic imine (C=N–C) groups is 1. The van der Waals surface area contributed by atoms with E-state index in [1.165, 1.54) is 5.71 Å². The van der Waals surface area contributed by atoms with E-state index >= 15 is 0 Å². The SMILES string of the molecule is C[B]C(C)C1=NCCC=C1. The number of hydrogen-bond donors (Lipinski definition) is 0. The highest BCUT2D eigenvalue weighted by Crippen LogP contribution is 2.09. The number of nitrogens with zero attached hydrogens (tertiary/aromatic N) is 1. The largest absolute Gasteiger partial charge is 0.290 e. The molecule has 1 aliphatic rings. The molecule has 1 radical (unpaired) electrons. The van der Waals surface area contributed by atoms with Crippen LogP contribution in [-0.4, -0.2) is 19.5 Å². The molecule has 0 aromatic heterocycles. The lowest BCUT2D eigenvalue weighted by Gasteiger charge is -2.10. The molecule has 1 unspecified atom stereocenters. The lowest BCUT2D eigenvalue weighted by atomic mass is 9.65. The van der Waals surface area contributed by atoms with E-state index in [9.17, 15) is 0 Å². The van der Waals surface area contributed by atoms with Gasteiger partial charge in [0.25, 0.3) is 0 Å². The second-order valence-corrected chi connectivity index (χ2v) is 2.62. The highest BCUT2D eigenvalue weighted by Gasteiger charge is 2.06. The molecule has 0 aliphatic carbocycles. The second-order valence-electron chi connectivity index (χ2n) is 2.62. The molecule has 0 saturated carbocycles. The Balaban J connectivity index is 2.54. The molecular formula is C8H13BN. The summed E-state index contributed by atoms with van der Waals surface area (Å²) in [5.41, 5.74) is 1.23. The molecule has 1 rings (SSSR count). The van der Waals surface area contributed by atoms with Gasteiger partial charge < -0.3 is 0 Å². The summed E-state index contributed by atoms with van der Waals surface area (Å²) in [4.78, 5) is 4.40. The first-order chi connectivity index (χ1) is 4.84. The number of hydrogen-bond acceptors (Lipinski definition) is 1. The van der Waals surface area contributed by atoms with E-state index in [0.717, 1.165) is 13.0 Å². The van der Waals surface area contributed by atoms with Crippen molar-refractivity contribution < 1.29 is 0 Å². The fourth-order valence-corrected chi connectivity index (χ4v) is 0.992. The molecule has 0 spiro atoms. The van der Waals surface area contributed by atoms with Crippen LogP contribution in [0.1, 0.15) is 13.3 Å². The van der Waals surface area contributed by atoms with Gasteiger partial charge in [-0.05, 0) is 18.3 Å². The molecule has 1 atom stereocenters. The molecule has 1 aliphatic heterocycles. The summed E-state index contributed by atoms with van der Waals surface area (Å²) in [6.45, 7) is 5.23. The highest BCUT2D eigenvalue weighted by molar-refractivity contribution is 6.44. The van der Waals surface area contributed by atoms with Crippen LogP contribution in [0.5, 0.6) is 0 Å². The van der Waals surface area contributed by atoms with Gasteiger partial charge in [-0.25, -0.2) is 0 Å². The van der Waals surface area contributed by atoms with Crippen LogP contribution in [0, 0.1) is 0 Å². The Morgan fingerprint density at radius 1 is 1.70 bits per heavy atom. The van der Waals surface area contributed by atoms with E-state index in [4.69, 9.17) is 0 Å². The molecule has 0 amide bonds. The standard InChI is InChI=1S/C8H13BN/c1-7(9-2)8-5-3-4-6-10-8/h3,5,7H,4,6H2,1-2H3. The van der Waals surface area contributed by atoms with E-state index in [1.807, 2.05) is 0 Å². The Morgan fingerprint density at radius 3 is 3.00 bits per heavy atom. The minimum absolute atomic E-state index is 0.525. The maximum Gasteiger partial charge on any atom is 0.117 e. The lowest BCUT2D eigenvalue weighted by molar-refractivity contribution is 0.978. The van der Waals surface area contributed by atoms with Gasteiger partial charge in [-0.15, -0.1) is 0 Å². The molecule has 0 bridgehead atoms. The van der Waals surface area contributed by atoms with Gasteiger partial charge in [0.1, 0.15) is 7.28 Å². The topological polar surface area (TPSA) is 12.4 Å². The Kier molecular flexibility index (Phi) is 2.73. The van der Waals surface area contributed by atoms with Crippen LogP contribution in [0.4, 0.5) is 0 Å². The number of dihydropyridines is 1. The summed E-state index contributed by atoms with van der Waals surface area (Å²) >= 11 is 0. The predicted molar refractivity (Wildman–Crippen MR) is 47.1 cm³/mol. The third kappa shape index (κ3) is 1.73. The minimum Gasteiger partial charge on any atom is -0.290 e. The second kappa shape index (κ2) is 3.60. The average molecular weight is 134 g/mol. The van der Waals surface area contributed by atoms with E-state index in [2.05, 4.69) is 38.2 Å². The summed E-state index contributed by atoms with van der Waals surface area (Å²) in [6, 6.07) is 0. The average Bonchev–Trinajstić information content (AvgIpc) is 2.05. The molecule has 0 aromatic carbocycles. The quantitative estimate of drug-likeness (QED) is 0.511. The molecule has 0 fully saturated rings. The molecular weight excluding hydrogens is 121 g/mol. The highest BCUT2D eigenvalue weighted by atomic mass is 14.7. The third-order valence-corrected chi connectivity index (χ3v) is 1.85. The van der Waals surface area contributed by atoms with Crippen LogP contribution in [0.2, 0.25) is 12.6 Å². The van der Waals surface area contributed by atoms with Crippen LogP contribution >= 0.6 is 0 Å². The Morgan fingerprint density at radius 2 is 2.50 bits per heavy atom. The molecule has 0 saturated heterocycles. The van der Waals surface area contributed by atoms with Crippen LogP contribution in [-0.2, 0) is 0 Å². The van der Waals surface area contributed by atoms with E-state index in [-0.39, 0.29) is 0 Å². The van der Waals surface area contributed by atoms with Gasteiger partial charge in [0, 0.05) is 12.3 Å². The number of allylic oxidation sites excluding steroid dienone is 1. The van der Waals surface area contributed by atoms with Crippen molar-refractivity contribution in [2.75, 3.05) is 6.54 Å². The van der Waals surface area contributed by atoms with Crippen molar-refractivity contribution in [3.8, 4) is 0 Å².